The predicted molar refractivity (Wildman–Crippen MR) is 85.3 cm³/mol. The van der Waals surface area contributed by atoms with Crippen molar-refractivity contribution >= 4 is 26.8 Å². The van der Waals surface area contributed by atoms with E-state index in [2.05, 4.69) is 30.9 Å². The highest BCUT2D eigenvalue weighted by molar-refractivity contribution is 9.10. The van der Waals surface area contributed by atoms with Gasteiger partial charge in [-0.3, -0.25) is 9.78 Å². The first-order chi connectivity index (χ1) is 10.2. The normalized spacial score (nSPS) is 14.5. The lowest BCUT2D eigenvalue weighted by atomic mass is 10.1. The number of aromatic amines is 1. The summed E-state index contributed by atoms with van der Waals surface area (Å²) in [7, 11) is 0. The van der Waals surface area contributed by atoms with Crippen LogP contribution in [0.2, 0.25) is 0 Å². The van der Waals surface area contributed by atoms with Gasteiger partial charge in [-0.1, -0.05) is 6.07 Å². The van der Waals surface area contributed by atoms with Crippen molar-refractivity contribution in [2.45, 2.75) is 18.8 Å². The zero-order chi connectivity index (χ0) is 14.4. The Bertz CT molecular complexity index is 899. The predicted octanol–water partition coefficient (Wildman–Crippen LogP) is 3.63. The second-order valence-electron chi connectivity index (χ2n) is 5.30. The number of halogens is 1. The zero-order valence-electron chi connectivity index (χ0n) is 11.1. The van der Waals surface area contributed by atoms with E-state index in [4.69, 9.17) is 0 Å². The number of rotatable bonds is 2. The average molecular weight is 342 g/mol. The lowest BCUT2D eigenvalue weighted by Crippen LogP contribution is -2.13. The van der Waals surface area contributed by atoms with Crippen molar-refractivity contribution in [3.05, 3.63) is 57.0 Å². The van der Waals surface area contributed by atoms with Crippen LogP contribution < -0.4 is 5.56 Å². The van der Waals surface area contributed by atoms with Gasteiger partial charge in [-0.25, -0.2) is 4.98 Å². The minimum atomic E-state index is -0.117. The maximum Gasteiger partial charge on any atom is 0.265 e. The van der Waals surface area contributed by atoms with Gasteiger partial charge in [-0.05, 0) is 53.0 Å². The van der Waals surface area contributed by atoms with Gasteiger partial charge in [0.1, 0.15) is 10.3 Å². The van der Waals surface area contributed by atoms with Crippen LogP contribution in [0.3, 0.4) is 0 Å². The van der Waals surface area contributed by atoms with Crippen molar-refractivity contribution in [1.29, 1.82) is 0 Å². The number of H-pyrrole nitrogens is 1. The van der Waals surface area contributed by atoms with Gasteiger partial charge >= 0.3 is 0 Å². The number of hydrogen-bond donors (Lipinski definition) is 1. The molecule has 4 nitrogen and oxygen atoms in total. The Morgan fingerprint density at radius 2 is 2.10 bits per heavy atom. The highest BCUT2D eigenvalue weighted by atomic mass is 79.9. The van der Waals surface area contributed by atoms with E-state index < -0.39 is 0 Å². The molecule has 1 aliphatic rings. The Morgan fingerprint density at radius 1 is 1.24 bits per heavy atom. The molecule has 2 aromatic heterocycles. The van der Waals surface area contributed by atoms with E-state index >= 15 is 0 Å². The fourth-order valence-corrected chi connectivity index (χ4v) is 2.97. The summed E-state index contributed by atoms with van der Waals surface area (Å²) in [5.74, 6) is 1.04. The van der Waals surface area contributed by atoms with Crippen LogP contribution in [0.1, 0.15) is 24.5 Å². The molecule has 0 radical (unpaired) electrons. The molecule has 104 valence electrons. The molecular weight excluding hydrogens is 330 g/mol. The molecule has 3 aromatic rings. The number of benzene rings is 1. The molecule has 0 amide bonds. The van der Waals surface area contributed by atoms with Crippen molar-refractivity contribution in [3.63, 3.8) is 0 Å². The van der Waals surface area contributed by atoms with E-state index in [9.17, 15) is 4.79 Å². The largest absolute Gasteiger partial charge is 0.306 e. The molecule has 0 aliphatic heterocycles. The molecule has 1 fully saturated rings. The number of nitrogens with zero attached hydrogens (tertiary/aromatic N) is 2. The van der Waals surface area contributed by atoms with Gasteiger partial charge in [0, 0.05) is 23.1 Å². The molecule has 0 atom stereocenters. The standard InChI is InChI=1S/C16H12BrN3O/c17-13-14(9-3-4-9)19-15(20-16(13)21)11-5-6-12-10(8-11)2-1-7-18-12/h1-2,5-9H,3-4H2,(H,19,20,21). The van der Waals surface area contributed by atoms with Crippen LogP contribution in [-0.2, 0) is 0 Å². The third kappa shape index (κ3) is 2.27. The first-order valence-electron chi connectivity index (χ1n) is 6.87. The Morgan fingerprint density at radius 3 is 2.90 bits per heavy atom. The molecule has 2 heterocycles. The number of aromatic nitrogens is 3. The summed E-state index contributed by atoms with van der Waals surface area (Å²) in [4.78, 5) is 23.9. The molecule has 1 aliphatic carbocycles. The van der Waals surface area contributed by atoms with E-state index in [1.807, 2.05) is 30.3 Å². The minimum absolute atomic E-state index is 0.117. The van der Waals surface area contributed by atoms with E-state index in [1.165, 1.54) is 0 Å². The van der Waals surface area contributed by atoms with E-state index in [0.29, 0.717) is 16.2 Å². The number of nitrogens with one attached hydrogen (secondary N) is 1. The summed E-state index contributed by atoms with van der Waals surface area (Å²) in [5, 5.41) is 1.04. The van der Waals surface area contributed by atoms with Crippen molar-refractivity contribution in [1.82, 2.24) is 15.0 Å². The summed E-state index contributed by atoms with van der Waals surface area (Å²) in [6.07, 6.45) is 3.99. The SMILES string of the molecule is O=c1[nH]c(-c2ccc3ncccc3c2)nc(C2CC2)c1Br. The molecule has 1 saturated carbocycles. The topological polar surface area (TPSA) is 58.6 Å². The number of pyridine rings is 1. The summed E-state index contributed by atoms with van der Waals surface area (Å²) < 4.78 is 0.566. The lowest BCUT2D eigenvalue weighted by molar-refractivity contribution is 0.960. The van der Waals surface area contributed by atoms with Crippen molar-refractivity contribution in [2.75, 3.05) is 0 Å². The molecule has 5 heteroatoms. The zero-order valence-corrected chi connectivity index (χ0v) is 12.7. The van der Waals surface area contributed by atoms with Crippen LogP contribution >= 0.6 is 15.9 Å². The Balaban J connectivity index is 1.89. The van der Waals surface area contributed by atoms with Crippen LogP contribution in [0.4, 0.5) is 0 Å². The quantitative estimate of drug-likeness (QED) is 0.774. The lowest BCUT2D eigenvalue weighted by Gasteiger charge is -2.07. The first kappa shape index (κ1) is 12.7. The van der Waals surface area contributed by atoms with Gasteiger partial charge in [-0.15, -0.1) is 0 Å². The molecule has 4 rings (SSSR count). The minimum Gasteiger partial charge on any atom is -0.306 e. The van der Waals surface area contributed by atoms with Crippen molar-refractivity contribution in [2.24, 2.45) is 0 Å². The van der Waals surface area contributed by atoms with Crippen molar-refractivity contribution in [3.8, 4) is 11.4 Å². The van der Waals surface area contributed by atoms with Crippen LogP contribution in [0, 0.1) is 0 Å². The summed E-state index contributed by atoms with van der Waals surface area (Å²) in [6.45, 7) is 0. The van der Waals surface area contributed by atoms with Gasteiger partial charge in [0.25, 0.3) is 5.56 Å². The maximum absolute atomic E-state index is 12.1. The number of hydrogen-bond acceptors (Lipinski definition) is 3. The van der Waals surface area contributed by atoms with Crippen LogP contribution in [0.15, 0.2) is 45.8 Å². The first-order valence-corrected chi connectivity index (χ1v) is 7.66. The van der Waals surface area contributed by atoms with E-state index in [0.717, 1.165) is 35.0 Å². The Labute approximate surface area is 129 Å². The summed E-state index contributed by atoms with van der Waals surface area (Å²) >= 11 is 3.35. The monoisotopic (exact) mass is 341 g/mol. The molecule has 1 aromatic carbocycles. The molecule has 1 N–H and O–H groups in total. The Kier molecular flexibility index (Phi) is 2.89. The average Bonchev–Trinajstić information content (AvgIpc) is 3.34. The molecule has 21 heavy (non-hydrogen) atoms. The van der Waals surface area contributed by atoms with Crippen LogP contribution in [-0.4, -0.2) is 15.0 Å². The van der Waals surface area contributed by atoms with Gasteiger partial charge in [0.15, 0.2) is 0 Å². The molecule has 0 saturated heterocycles. The van der Waals surface area contributed by atoms with E-state index in [-0.39, 0.29) is 5.56 Å². The second-order valence-corrected chi connectivity index (χ2v) is 6.09. The molecule has 0 unspecified atom stereocenters. The van der Waals surface area contributed by atoms with Gasteiger partial charge in [0.05, 0.1) is 11.2 Å². The van der Waals surface area contributed by atoms with Gasteiger partial charge in [-0.2, -0.15) is 0 Å². The molecular formula is C16H12BrN3O. The van der Waals surface area contributed by atoms with Crippen LogP contribution in [0.5, 0.6) is 0 Å². The summed E-state index contributed by atoms with van der Waals surface area (Å²) in [6, 6.07) is 9.80. The number of fused-ring (bicyclic) bond motifs is 1. The third-order valence-corrected chi connectivity index (χ3v) is 4.50. The second kappa shape index (κ2) is 4.77. The van der Waals surface area contributed by atoms with Gasteiger partial charge in [0.2, 0.25) is 0 Å². The third-order valence-electron chi connectivity index (χ3n) is 3.73. The smallest absolute Gasteiger partial charge is 0.265 e. The highest BCUT2D eigenvalue weighted by Gasteiger charge is 2.29. The Hall–Kier alpha value is -2.01. The maximum atomic E-state index is 12.1. The van der Waals surface area contributed by atoms with Crippen LogP contribution in [0.25, 0.3) is 22.3 Å². The van der Waals surface area contributed by atoms with Crippen molar-refractivity contribution < 1.29 is 0 Å². The highest BCUT2D eigenvalue weighted by Crippen LogP contribution is 2.41. The van der Waals surface area contributed by atoms with Gasteiger partial charge < -0.3 is 4.98 Å². The molecule has 0 spiro atoms. The summed E-state index contributed by atoms with van der Waals surface area (Å²) in [5.41, 5.74) is 2.60. The fourth-order valence-electron chi connectivity index (χ4n) is 2.46. The molecule has 0 bridgehead atoms. The fraction of sp³-hybridized carbons (Fsp3) is 0.188. The van der Waals surface area contributed by atoms with E-state index in [1.54, 1.807) is 6.20 Å².